The third-order valence-corrected chi connectivity index (χ3v) is 4.83. The second kappa shape index (κ2) is 11.9. The Morgan fingerprint density at radius 3 is 2.34 bits per heavy atom. The van der Waals surface area contributed by atoms with Crippen LogP contribution < -0.4 is 20.1 Å². The van der Waals surface area contributed by atoms with Crippen molar-refractivity contribution in [2.75, 3.05) is 25.1 Å². The molecule has 5 nitrogen and oxygen atoms in total. The molecule has 0 aromatic heterocycles. The van der Waals surface area contributed by atoms with Gasteiger partial charge in [0.05, 0.1) is 6.61 Å². The minimum Gasteiger partial charge on any atom is -0.490 e. The van der Waals surface area contributed by atoms with Gasteiger partial charge in [0.2, 0.25) is 0 Å². The lowest BCUT2D eigenvalue weighted by Gasteiger charge is -2.14. The molecular formula is C26H29FN2O3. The lowest BCUT2D eigenvalue weighted by Crippen LogP contribution is -2.20. The monoisotopic (exact) mass is 436 g/mol. The number of benzene rings is 3. The van der Waals surface area contributed by atoms with Crippen molar-refractivity contribution in [3.8, 4) is 11.5 Å². The van der Waals surface area contributed by atoms with E-state index >= 15 is 0 Å². The van der Waals surface area contributed by atoms with Crippen molar-refractivity contribution in [3.63, 3.8) is 0 Å². The van der Waals surface area contributed by atoms with Gasteiger partial charge in [0.1, 0.15) is 5.82 Å². The van der Waals surface area contributed by atoms with Gasteiger partial charge in [0.25, 0.3) is 5.91 Å². The van der Waals surface area contributed by atoms with Crippen molar-refractivity contribution in [1.82, 2.24) is 5.32 Å². The quantitative estimate of drug-likeness (QED) is 0.421. The zero-order chi connectivity index (χ0) is 22.8. The van der Waals surface area contributed by atoms with Crippen molar-refractivity contribution in [2.24, 2.45) is 0 Å². The summed E-state index contributed by atoms with van der Waals surface area (Å²) in [5, 5.41) is 6.20. The molecule has 3 aromatic rings. The number of carbonyl (C=O) groups excluding carboxylic acids is 1. The number of rotatable bonds is 11. The molecule has 0 heterocycles. The fraction of sp³-hybridized carbons (Fsp3) is 0.269. The molecule has 0 fully saturated rings. The molecule has 0 atom stereocenters. The van der Waals surface area contributed by atoms with Crippen molar-refractivity contribution in [1.29, 1.82) is 0 Å². The summed E-state index contributed by atoms with van der Waals surface area (Å²) >= 11 is 0. The van der Waals surface area contributed by atoms with Gasteiger partial charge in [-0.05, 0) is 74.3 Å². The third-order valence-electron chi connectivity index (χ3n) is 4.83. The molecule has 2 N–H and O–H groups in total. The smallest absolute Gasteiger partial charge is 0.262 e. The predicted octanol–water partition coefficient (Wildman–Crippen LogP) is 4.88. The zero-order valence-electron chi connectivity index (χ0n) is 18.5. The third kappa shape index (κ3) is 7.39. The number of halogens is 1. The molecule has 0 saturated carbocycles. The van der Waals surface area contributed by atoms with E-state index in [1.807, 2.05) is 56.3 Å². The molecule has 0 spiro atoms. The largest absolute Gasteiger partial charge is 0.490 e. The summed E-state index contributed by atoms with van der Waals surface area (Å²) < 4.78 is 24.4. The SMILES string of the molecule is CCOc1cc(CNCCc2ccc(F)cc2)ccc1OCC(=O)Nc1ccc(C)cc1. The van der Waals surface area contributed by atoms with Crippen LogP contribution in [0.15, 0.2) is 66.7 Å². The molecule has 0 unspecified atom stereocenters. The zero-order valence-corrected chi connectivity index (χ0v) is 18.5. The summed E-state index contributed by atoms with van der Waals surface area (Å²) in [4.78, 5) is 12.2. The Balaban J connectivity index is 1.50. The number of hydrogen-bond donors (Lipinski definition) is 2. The maximum Gasteiger partial charge on any atom is 0.262 e. The number of ether oxygens (including phenoxy) is 2. The number of nitrogens with one attached hydrogen (secondary N) is 2. The first-order valence-electron chi connectivity index (χ1n) is 10.7. The minimum absolute atomic E-state index is 0.108. The van der Waals surface area contributed by atoms with Crippen LogP contribution in [0, 0.1) is 12.7 Å². The Labute approximate surface area is 188 Å². The highest BCUT2D eigenvalue weighted by atomic mass is 19.1. The van der Waals surface area contributed by atoms with E-state index < -0.39 is 0 Å². The van der Waals surface area contributed by atoms with Crippen LogP contribution in [0.25, 0.3) is 0 Å². The molecule has 0 bridgehead atoms. The lowest BCUT2D eigenvalue weighted by atomic mass is 10.1. The van der Waals surface area contributed by atoms with Crippen LogP contribution in [0.2, 0.25) is 0 Å². The first kappa shape index (κ1) is 23.3. The normalized spacial score (nSPS) is 10.6. The summed E-state index contributed by atoms with van der Waals surface area (Å²) in [7, 11) is 0. The summed E-state index contributed by atoms with van der Waals surface area (Å²) in [5.41, 5.74) is 3.99. The van der Waals surface area contributed by atoms with Crippen LogP contribution in [0.3, 0.4) is 0 Å². The van der Waals surface area contributed by atoms with Crippen molar-refractivity contribution < 1.29 is 18.7 Å². The van der Waals surface area contributed by atoms with Gasteiger partial charge < -0.3 is 20.1 Å². The van der Waals surface area contributed by atoms with Crippen LogP contribution in [-0.4, -0.2) is 25.7 Å². The Kier molecular flexibility index (Phi) is 8.63. The van der Waals surface area contributed by atoms with E-state index in [-0.39, 0.29) is 18.3 Å². The first-order valence-corrected chi connectivity index (χ1v) is 10.7. The van der Waals surface area contributed by atoms with Crippen molar-refractivity contribution in [3.05, 3.63) is 89.2 Å². The van der Waals surface area contributed by atoms with Gasteiger partial charge in [-0.25, -0.2) is 4.39 Å². The number of anilines is 1. The van der Waals surface area contributed by atoms with Gasteiger partial charge in [0, 0.05) is 12.2 Å². The van der Waals surface area contributed by atoms with Crippen LogP contribution in [0.5, 0.6) is 11.5 Å². The lowest BCUT2D eigenvalue weighted by molar-refractivity contribution is -0.118. The number of carbonyl (C=O) groups is 1. The minimum atomic E-state index is -0.233. The molecule has 3 aromatic carbocycles. The summed E-state index contributed by atoms with van der Waals surface area (Å²) in [6.07, 6.45) is 0.815. The Morgan fingerprint density at radius 1 is 0.906 bits per heavy atom. The Bertz CT molecular complexity index is 1000. The van der Waals surface area contributed by atoms with Crippen LogP contribution >= 0.6 is 0 Å². The molecule has 0 aliphatic heterocycles. The molecular weight excluding hydrogens is 407 g/mol. The molecule has 6 heteroatoms. The maximum absolute atomic E-state index is 13.0. The van der Waals surface area contributed by atoms with E-state index in [0.717, 1.165) is 35.3 Å². The predicted molar refractivity (Wildman–Crippen MR) is 125 cm³/mol. The maximum atomic E-state index is 13.0. The van der Waals surface area contributed by atoms with Gasteiger partial charge in [0.15, 0.2) is 18.1 Å². The van der Waals surface area contributed by atoms with E-state index in [9.17, 15) is 9.18 Å². The molecule has 32 heavy (non-hydrogen) atoms. The van der Waals surface area contributed by atoms with Gasteiger partial charge in [-0.2, -0.15) is 0 Å². The van der Waals surface area contributed by atoms with Crippen LogP contribution in [0.4, 0.5) is 10.1 Å². The van der Waals surface area contributed by atoms with E-state index in [0.29, 0.717) is 24.7 Å². The fourth-order valence-corrected chi connectivity index (χ4v) is 3.14. The average Bonchev–Trinajstić information content (AvgIpc) is 2.79. The second-order valence-electron chi connectivity index (χ2n) is 7.47. The van der Waals surface area contributed by atoms with Gasteiger partial charge in [-0.3, -0.25) is 4.79 Å². The first-order chi connectivity index (χ1) is 15.5. The Hall–Kier alpha value is -3.38. The standard InChI is InChI=1S/C26H29FN2O3/c1-3-31-25-16-21(17-28-15-14-20-6-9-22(27)10-7-20)8-13-24(25)32-18-26(30)29-23-11-4-19(2)5-12-23/h4-13,16,28H,3,14-15,17-18H2,1-2H3,(H,29,30). The molecule has 168 valence electrons. The van der Waals surface area contributed by atoms with Crippen molar-refractivity contribution in [2.45, 2.75) is 26.8 Å². The van der Waals surface area contributed by atoms with Gasteiger partial charge in [-0.1, -0.05) is 35.9 Å². The average molecular weight is 437 g/mol. The molecule has 1 amide bonds. The topological polar surface area (TPSA) is 59.6 Å². The van der Waals surface area contributed by atoms with Gasteiger partial charge >= 0.3 is 0 Å². The van der Waals surface area contributed by atoms with E-state index in [4.69, 9.17) is 9.47 Å². The van der Waals surface area contributed by atoms with E-state index in [2.05, 4.69) is 10.6 Å². The number of amides is 1. The molecule has 0 saturated heterocycles. The number of hydrogen-bond acceptors (Lipinski definition) is 4. The Morgan fingerprint density at radius 2 is 1.62 bits per heavy atom. The van der Waals surface area contributed by atoms with E-state index in [1.165, 1.54) is 12.1 Å². The highest BCUT2D eigenvalue weighted by Crippen LogP contribution is 2.28. The second-order valence-corrected chi connectivity index (χ2v) is 7.47. The molecule has 0 aliphatic carbocycles. The molecule has 0 radical (unpaired) electrons. The summed E-state index contributed by atoms with van der Waals surface area (Å²) in [5.74, 6) is 0.678. The van der Waals surface area contributed by atoms with Crippen LogP contribution in [-0.2, 0) is 17.8 Å². The van der Waals surface area contributed by atoms with Gasteiger partial charge in [-0.15, -0.1) is 0 Å². The fourth-order valence-electron chi connectivity index (χ4n) is 3.14. The summed E-state index contributed by atoms with van der Waals surface area (Å²) in [6, 6.07) is 19.8. The molecule has 3 rings (SSSR count). The summed E-state index contributed by atoms with van der Waals surface area (Å²) in [6.45, 7) is 5.72. The highest BCUT2D eigenvalue weighted by Gasteiger charge is 2.10. The van der Waals surface area contributed by atoms with Crippen molar-refractivity contribution >= 4 is 11.6 Å². The highest BCUT2D eigenvalue weighted by molar-refractivity contribution is 5.91. The van der Waals surface area contributed by atoms with Crippen LogP contribution in [0.1, 0.15) is 23.6 Å². The van der Waals surface area contributed by atoms with E-state index in [1.54, 1.807) is 12.1 Å². The number of aryl methyl sites for hydroxylation is 1. The molecule has 0 aliphatic rings.